The molecule has 1 aromatic heterocycles. The van der Waals surface area contributed by atoms with Crippen molar-refractivity contribution in [2.75, 3.05) is 6.61 Å². The number of hydrogen-bond donors (Lipinski definition) is 2. The van der Waals surface area contributed by atoms with Crippen molar-refractivity contribution in [1.82, 2.24) is 9.13 Å². The Balaban J connectivity index is 0.00000462. The Bertz CT molecular complexity index is 1570. The van der Waals surface area contributed by atoms with E-state index in [0.29, 0.717) is 24.6 Å². The van der Waals surface area contributed by atoms with E-state index < -0.39 is 0 Å². The maximum atomic E-state index is 13.8. The van der Waals surface area contributed by atoms with Crippen molar-refractivity contribution in [3.05, 3.63) is 88.5 Å². The summed E-state index contributed by atoms with van der Waals surface area (Å²) in [6, 6.07) is 19.4. The lowest BCUT2D eigenvalue weighted by molar-refractivity contribution is 0.0971. The molecule has 41 heavy (non-hydrogen) atoms. The first-order chi connectivity index (χ1) is 18.7. The van der Waals surface area contributed by atoms with Gasteiger partial charge in [0.05, 0.1) is 30.7 Å². The molecule has 0 atom stereocenters. The zero-order valence-corrected chi connectivity index (χ0v) is 27.3. The molecule has 0 spiro atoms. The Labute approximate surface area is 254 Å². The van der Waals surface area contributed by atoms with E-state index in [1.165, 1.54) is 0 Å². The number of imidazole rings is 1. The molecule has 220 valence electrons. The number of fused-ring (bicyclic) bond motifs is 1. The predicted octanol–water partition coefficient (Wildman–Crippen LogP) is 7.77. The van der Waals surface area contributed by atoms with Crippen molar-refractivity contribution in [2.24, 2.45) is 5.92 Å². The molecule has 4 aromatic rings. The summed E-state index contributed by atoms with van der Waals surface area (Å²) in [6.07, 6.45) is 0. The molecule has 0 saturated heterocycles. The Kier molecular flexibility index (Phi) is 9.64. The second-order valence-electron chi connectivity index (χ2n) is 13.1. The van der Waals surface area contributed by atoms with E-state index in [4.69, 9.17) is 10.1 Å². The van der Waals surface area contributed by atoms with Gasteiger partial charge in [-0.15, -0.1) is 17.0 Å². The van der Waals surface area contributed by atoms with E-state index in [2.05, 4.69) is 13.8 Å². The van der Waals surface area contributed by atoms with Crippen LogP contribution in [-0.4, -0.2) is 26.6 Å². The van der Waals surface area contributed by atoms with Gasteiger partial charge in [0.2, 0.25) is 5.62 Å². The van der Waals surface area contributed by atoms with Gasteiger partial charge in [0.25, 0.3) is 0 Å². The first-order valence-corrected chi connectivity index (χ1v) is 14.0. The van der Waals surface area contributed by atoms with Gasteiger partial charge in [-0.3, -0.25) is 10.2 Å². The van der Waals surface area contributed by atoms with E-state index in [0.717, 1.165) is 33.5 Å². The number of Topliss-reactive ketones (excluding diaryl/α,β-unsaturated/α-hetero) is 1. The standard InChI is InChI=1S/C34H43N3O3.BrH/c1-22(2)21-40-30-16-12-9-13-23(30)19-36-27-14-10-11-15-28(27)37(32(36)35)20-29(38)24-17-25(33(3,4)5)31(39)26(18-24)34(6,7)8;/h9-18,22,35,39H,19-21H2,1-8H3;1H. The summed E-state index contributed by atoms with van der Waals surface area (Å²) in [6.45, 7) is 17.6. The number of phenols is 1. The number of nitrogens with one attached hydrogen (secondary N) is 1. The van der Waals surface area contributed by atoms with Crippen molar-refractivity contribution >= 4 is 33.8 Å². The van der Waals surface area contributed by atoms with Gasteiger partial charge in [-0.05, 0) is 47.1 Å². The fourth-order valence-corrected chi connectivity index (χ4v) is 4.99. The van der Waals surface area contributed by atoms with Crippen LogP contribution in [0.1, 0.15) is 82.4 Å². The molecule has 0 radical (unpaired) electrons. The zero-order valence-electron chi connectivity index (χ0n) is 25.5. The maximum Gasteiger partial charge on any atom is 0.203 e. The second kappa shape index (κ2) is 12.3. The van der Waals surface area contributed by atoms with Gasteiger partial charge in [-0.2, -0.15) is 0 Å². The molecular weight excluding hydrogens is 578 g/mol. The van der Waals surface area contributed by atoms with Crippen molar-refractivity contribution in [3.8, 4) is 11.5 Å². The molecule has 3 aromatic carbocycles. The molecule has 4 rings (SSSR count). The van der Waals surface area contributed by atoms with Gasteiger partial charge < -0.3 is 19.0 Å². The number of carbonyl (C=O) groups is 1. The molecule has 6 nitrogen and oxygen atoms in total. The topological polar surface area (TPSA) is 80.2 Å². The van der Waals surface area contributed by atoms with Crippen molar-refractivity contribution in [3.63, 3.8) is 0 Å². The van der Waals surface area contributed by atoms with Crippen LogP contribution in [0.3, 0.4) is 0 Å². The molecular formula is C34H44BrN3O3. The number of ether oxygens (including phenoxy) is 1. The van der Waals surface area contributed by atoms with Crippen LogP contribution < -0.4 is 10.4 Å². The molecule has 7 heteroatoms. The molecule has 0 bridgehead atoms. The lowest BCUT2D eigenvalue weighted by Crippen LogP contribution is -2.28. The number of halogens is 1. The minimum Gasteiger partial charge on any atom is -0.507 e. The van der Waals surface area contributed by atoms with Gasteiger partial charge in [-0.1, -0.05) is 85.7 Å². The molecule has 1 heterocycles. The van der Waals surface area contributed by atoms with Gasteiger partial charge >= 0.3 is 0 Å². The number of nitrogens with zero attached hydrogens (tertiary/aromatic N) is 2. The van der Waals surface area contributed by atoms with Crippen LogP contribution >= 0.6 is 17.0 Å². The normalized spacial score (nSPS) is 12.0. The van der Waals surface area contributed by atoms with Gasteiger partial charge in [-0.25, -0.2) is 0 Å². The average molecular weight is 623 g/mol. The van der Waals surface area contributed by atoms with Crippen LogP contribution in [0.25, 0.3) is 11.0 Å². The van der Waals surface area contributed by atoms with Crippen molar-refractivity contribution in [2.45, 2.75) is 79.3 Å². The number of benzene rings is 3. The minimum atomic E-state index is -0.338. The Morgan fingerprint density at radius 2 is 1.39 bits per heavy atom. The van der Waals surface area contributed by atoms with Crippen LogP contribution in [0.5, 0.6) is 11.5 Å². The number of aromatic hydroxyl groups is 1. The van der Waals surface area contributed by atoms with Gasteiger partial charge in [0, 0.05) is 22.3 Å². The molecule has 0 aliphatic rings. The molecule has 0 amide bonds. The van der Waals surface area contributed by atoms with Crippen molar-refractivity contribution in [1.29, 1.82) is 5.41 Å². The fraction of sp³-hybridized carbons (Fsp3) is 0.412. The second-order valence-corrected chi connectivity index (χ2v) is 13.1. The molecule has 0 aliphatic heterocycles. The third kappa shape index (κ3) is 6.95. The average Bonchev–Trinajstić information content (AvgIpc) is 3.12. The summed E-state index contributed by atoms with van der Waals surface area (Å²) in [5.41, 5.74) is 4.31. The number of para-hydroxylation sites is 3. The van der Waals surface area contributed by atoms with Gasteiger partial charge in [0.15, 0.2) is 5.78 Å². The molecule has 0 fully saturated rings. The highest BCUT2D eigenvalue weighted by Crippen LogP contribution is 2.40. The maximum absolute atomic E-state index is 13.8. The molecule has 0 unspecified atom stereocenters. The zero-order chi connectivity index (χ0) is 29.4. The van der Waals surface area contributed by atoms with Gasteiger partial charge in [0.1, 0.15) is 11.5 Å². The number of carbonyl (C=O) groups excluding carboxylic acids is 1. The minimum absolute atomic E-state index is 0. The summed E-state index contributed by atoms with van der Waals surface area (Å²) < 4.78 is 9.79. The number of hydrogen-bond acceptors (Lipinski definition) is 4. The van der Waals surface area contributed by atoms with Crippen LogP contribution in [0.15, 0.2) is 60.7 Å². The summed E-state index contributed by atoms with van der Waals surface area (Å²) in [7, 11) is 0. The fourth-order valence-electron chi connectivity index (χ4n) is 4.99. The summed E-state index contributed by atoms with van der Waals surface area (Å²) in [5.74, 6) is 1.36. The highest BCUT2D eigenvalue weighted by molar-refractivity contribution is 8.93. The largest absolute Gasteiger partial charge is 0.507 e. The number of rotatable bonds is 8. The SMILES string of the molecule is Br.CC(C)COc1ccccc1Cn1c(=N)n(CC(=O)c2cc(C(C)(C)C)c(O)c(C(C)(C)C)c2)c2ccccc21. The van der Waals surface area contributed by atoms with E-state index >= 15 is 0 Å². The van der Waals surface area contributed by atoms with Crippen LogP contribution in [0.4, 0.5) is 0 Å². The van der Waals surface area contributed by atoms with E-state index in [9.17, 15) is 9.90 Å². The third-order valence-electron chi connectivity index (χ3n) is 7.20. The Morgan fingerprint density at radius 1 is 0.878 bits per heavy atom. The summed E-state index contributed by atoms with van der Waals surface area (Å²) in [4.78, 5) is 13.8. The number of ketones is 1. The third-order valence-corrected chi connectivity index (χ3v) is 7.20. The Hall–Kier alpha value is -3.32. The van der Waals surface area contributed by atoms with E-state index in [-0.39, 0.29) is 51.5 Å². The Morgan fingerprint density at radius 3 is 1.93 bits per heavy atom. The number of phenolic OH excluding ortho intramolecular Hbond substituents is 1. The lowest BCUT2D eigenvalue weighted by atomic mass is 9.78. The quantitative estimate of drug-likeness (QED) is 0.197. The lowest BCUT2D eigenvalue weighted by Gasteiger charge is -2.28. The predicted molar refractivity (Wildman–Crippen MR) is 172 cm³/mol. The first kappa shape index (κ1) is 32.2. The highest BCUT2D eigenvalue weighted by Gasteiger charge is 2.28. The highest BCUT2D eigenvalue weighted by atomic mass is 79.9. The number of aromatic nitrogens is 2. The van der Waals surface area contributed by atoms with E-state index in [1.807, 2.05) is 107 Å². The van der Waals surface area contributed by atoms with Crippen LogP contribution in [-0.2, 0) is 23.9 Å². The summed E-state index contributed by atoms with van der Waals surface area (Å²) in [5, 5.41) is 20.2. The molecule has 2 N–H and O–H groups in total. The van der Waals surface area contributed by atoms with Crippen molar-refractivity contribution < 1.29 is 14.6 Å². The van der Waals surface area contributed by atoms with Crippen LogP contribution in [0.2, 0.25) is 0 Å². The molecule has 0 saturated carbocycles. The monoisotopic (exact) mass is 621 g/mol. The van der Waals surface area contributed by atoms with E-state index in [1.54, 1.807) is 4.57 Å². The first-order valence-electron chi connectivity index (χ1n) is 14.0. The van der Waals surface area contributed by atoms with Crippen LogP contribution in [0, 0.1) is 11.3 Å². The molecule has 0 aliphatic carbocycles. The smallest absolute Gasteiger partial charge is 0.203 e. The summed E-state index contributed by atoms with van der Waals surface area (Å²) >= 11 is 0.